The Balaban J connectivity index is 1.67. The van der Waals surface area contributed by atoms with Crippen LogP contribution < -0.4 is 0 Å². The third-order valence-electron chi connectivity index (χ3n) is 4.06. The number of rotatable bonds is 4. The average molecular weight is 305 g/mol. The van der Waals surface area contributed by atoms with E-state index in [0.29, 0.717) is 12.2 Å². The van der Waals surface area contributed by atoms with Crippen molar-refractivity contribution < 1.29 is 9.90 Å². The Morgan fingerprint density at radius 2 is 2.43 bits per heavy atom. The summed E-state index contributed by atoms with van der Waals surface area (Å²) in [6.45, 7) is 0.585. The molecule has 2 aromatic rings. The second kappa shape index (κ2) is 5.99. The highest BCUT2D eigenvalue weighted by molar-refractivity contribution is 7.13. The van der Waals surface area contributed by atoms with Gasteiger partial charge in [0.15, 0.2) is 5.69 Å². The van der Waals surface area contributed by atoms with Gasteiger partial charge in [-0.15, -0.1) is 11.3 Å². The van der Waals surface area contributed by atoms with Crippen LogP contribution >= 0.6 is 11.3 Å². The molecule has 0 bridgehead atoms. The van der Waals surface area contributed by atoms with Crippen LogP contribution in [0.3, 0.4) is 0 Å². The quantitative estimate of drug-likeness (QED) is 0.911. The van der Waals surface area contributed by atoms with Crippen molar-refractivity contribution in [1.82, 2.24) is 15.1 Å². The van der Waals surface area contributed by atoms with E-state index in [4.69, 9.17) is 0 Å². The fourth-order valence-electron chi connectivity index (χ4n) is 2.85. The Morgan fingerprint density at radius 3 is 3.10 bits per heavy atom. The van der Waals surface area contributed by atoms with Crippen molar-refractivity contribution in [2.75, 3.05) is 13.6 Å². The first-order valence-corrected chi connectivity index (χ1v) is 8.06. The third kappa shape index (κ3) is 3.01. The maximum atomic E-state index is 12.4. The van der Waals surface area contributed by atoms with Gasteiger partial charge in [-0.1, -0.05) is 12.5 Å². The molecule has 0 radical (unpaired) electrons. The average Bonchev–Trinajstić information content (AvgIpc) is 3.18. The predicted octanol–water partition coefficient (Wildman–Crippen LogP) is 2.37. The highest BCUT2D eigenvalue weighted by Gasteiger charge is 2.28. The number of aromatic nitrogens is 2. The Hall–Kier alpha value is -1.66. The minimum atomic E-state index is -0.277. The molecule has 1 saturated carbocycles. The maximum Gasteiger partial charge on any atom is 0.274 e. The number of carbonyl (C=O) groups excluding carboxylic acids is 1. The van der Waals surface area contributed by atoms with E-state index in [0.717, 1.165) is 29.8 Å². The maximum absolute atomic E-state index is 12.4. The van der Waals surface area contributed by atoms with E-state index in [1.54, 1.807) is 29.4 Å². The molecule has 1 aliphatic carbocycles. The first-order chi connectivity index (χ1) is 10.1. The second-order valence-electron chi connectivity index (χ2n) is 5.59. The highest BCUT2D eigenvalue weighted by atomic mass is 32.1. The van der Waals surface area contributed by atoms with Gasteiger partial charge in [0.25, 0.3) is 5.91 Å². The van der Waals surface area contributed by atoms with Crippen molar-refractivity contribution in [3.63, 3.8) is 0 Å². The van der Waals surface area contributed by atoms with Crippen LogP contribution in [0.2, 0.25) is 0 Å². The SMILES string of the molecule is CN(CC1CCCC1O)C(=O)c1cc(-c2cccs2)[nH]n1. The molecule has 112 valence electrons. The van der Waals surface area contributed by atoms with Gasteiger partial charge in [0.2, 0.25) is 0 Å². The fraction of sp³-hybridized carbons (Fsp3) is 0.467. The molecule has 3 rings (SSSR count). The van der Waals surface area contributed by atoms with Crippen molar-refractivity contribution in [2.45, 2.75) is 25.4 Å². The molecule has 2 N–H and O–H groups in total. The normalized spacial score (nSPS) is 21.6. The molecule has 2 aromatic heterocycles. The van der Waals surface area contributed by atoms with Crippen molar-refractivity contribution in [2.24, 2.45) is 5.92 Å². The molecule has 2 heterocycles. The summed E-state index contributed by atoms with van der Waals surface area (Å²) >= 11 is 1.61. The van der Waals surface area contributed by atoms with Crippen LogP contribution in [0.1, 0.15) is 29.8 Å². The lowest BCUT2D eigenvalue weighted by Crippen LogP contribution is -2.34. The first kappa shape index (κ1) is 14.3. The Bertz CT molecular complexity index is 608. The van der Waals surface area contributed by atoms with Crippen LogP contribution in [0.4, 0.5) is 0 Å². The molecular weight excluding hydrogens is 286 g/mol. The zero-order valence-corrected chi connectivity index (χ0v) is 12.8. The summed E-state index contributed by atoms with van der Waals surface area (Å²) in [6, 6.07) is 5.75. The van der Waals surface area contributed by atoms with Crippen LogP contribution in [0.15, 0.2) is 23.6 Å². The van der Waals surface area contributed by atoms with E-state index in [2.05, 4.69) is 10.2 Å². The van der Waals surface area contributed by atoms with Gasteiger partial charge in [-0.05, 0) is 30.4 Å². The van der Waals surface area contributed by atoms with Gasteiger partial charge in [-0.25, -0.2) is 0 Å². The van der Waals surface area contributed by atoms with Gasteiger partial charge in [0.1, 0.15) is 0 Å². The van der Waals surface area contributed by atoms with E-state index in [9.17, 15) is 9.90 Å². The molecule has 21 heavy (non-hydrogen) atoms. The van der Waals surface area contributed by atoms with Gasteiger partial charge in [-0.3, -0.25) is 9.89 Å². The van der Waals surface area contributed by atoms with E-state index in [1.807, 2.05) is 17.5 Å². The number of aliphatic hydroxyl groups is 1. The number of thiophene rings is 1. The predicted molar refractivity (Wildman–Crippen MR) is 82.2 cm³/mol. The number of amides is 1. The smallest absolute Gasteiger partial charge is 0.274 e. The summed E-state index contributed by atoms with van der Waals surface area (Å²) in [7, 11) is 1.77. The molecule has 2 atom stereocenters. The number of nitrogens with zero attached hydrogens (tertiary/aromatic N) is 2. The van der Waals surface area contributed by atoms with Crippen LogP contribution in [-0.4, -0.2) is 45.8 Å². The van der Waals surface area contributed by atoms with E-state index in [1.165, 1.54) is 0 Å². The van der Waals surface area contributed by atoms with Gasteiger partial charge in [-0.2, -0.15) is 5.10 Å². The summed E-state index contributed by atoms with van der Waals surface area (Å²) in [5.41, 5.74) is 1.29. The first-order valence-electron chi connectivity index (χ1n) is 7.18. The number of carbonyl (C=O) groups is 1. The Labute approximate surface area is 127 Å². The Morgan fingerprint density at radius 1 is 1.57 bits per heavy atom. The van der Waals surface area contributed by atoms with Gasteiger partial charge < -0.3 is 10.0 Å². The second-order valence-corrected chi connectivity index (χ2v) is 6.54. The van der Waals surface area contributed by atoms with Crippen molar-refractivity contribution in [3.05, 3.63) is 29.3 Å². The molecule has 1 amide bonds. The van der Waals surface area contributed by atoms with E-state index < -0.39 is 0 Å². The summed E-state index contributed by atoms with van der Waals surface area (Å²) in [5.74, 6) is 0.0859. The zero-order chi connectivity index (χ0) is 14.8. The fourth-order valence-corrected chi connectivity index (χ4v) is 3.54. The molecule has 0 saturated heterocycles. The molecule has 0 aromatic carbocycles. The highest BCUT2D eigenvalue weighted by Crippen LogP contribution is 2.27. The Kier molecular flexibility index (Phi) is 4.07. The molecule has 6 heteroatoms. The van der Waals surface area contributed by atoms with Crippen LogP contribution in [0, 0.1) is 5.92 Å². The van der Waals surface area contributed by atoms with Crippen molar-refractivity contribution >= 4 is 17.2 Å². The molecule has 1 aliphatic rings. The number of aromatic amines is 1. The number of aliphatic hydroxyl groups excluding tert-OH is 1. The molecule has 2 unspecified atom stereocenters. The largest absolute Gasteiger partial charge is 0.393 e. The van der Waals surface area contributed by atoms with Crippen LogP contribution in [0.5, 0.6) is 0 Å². The molecule has 1 fully saturated rings. The number of nitrogens with one attached hydrogen (secondary N) is 1. The summed E-state index contributed by atoms with van der Waals surface area (Å²) in [6.07, 6.45) is 2.59. The standard InChI is InChI=1S/C15H19N3O2S/c1-18(9-10-4-2-5-13(10)19)15(20)12-8-11(16-17-12)14-6-3-7-21-14/h3,6-8,10,13,19H,2,4-5,9H2,1H3,(H,16,17). The molecular formula is C15H19N3O2S. The van der Waals surface area contributed by atoms with Gasteiger partial charge >= 0.3 is 0 Å². The molecule has 0 aliphatic heterocycles. The molecule has 0 spiro atoms. The van der Waals surface area contributed by atoms with Gasteiger partial charge in [0.05, 0.1) is 16.7 Å². The van der Waals surface area contributed by atoms with E-state index >= 15 is 0 Å². The lowest BCUT2D eigenvalue weighted by molar-refractivity contribution is 0.0688. The lowest BCUT2D eigenvalue weighted by atomic mass is 10.1. The topological polar surface area (TPSA) is 69.2 Å². The van der Waals surface area contributed by atoms with Gasteiger partial charge in [0, 0.05) is 19.5 Å². The molecule has 5 nitrogen and oxygen atoms in total. The summed E-state index contributed by atoms with van der Waals surface area (Å²) in [5, 5.41) is 18.9. The van der Waals surface area contributed by atoms with Crippen LogP contribution in [0.25, 0.3) is 10.6 Å². The van der Waals surface area contributed by atoms with Crippen molar-refractivity contribution in [3.8, 4) is 10.6 Å². The zero-order valence-electron chi connectivity index (χ0n) is 12.0. The summed E-state index contributed by atoms with van der Waals surface area (Å²) in [4.78, 5) is 15.1. The van der Waals surface area contributed by atoms with E-state index in [-0.39, 0.29) is 17.9 Å². The third-order valence-corrected chi connectivity index (χ3v) is 4.96. The minimum Gasteiger partial charge on any atom is -0.393 e. The number of H-pyrrole nitrogens is 1. The van der Waals surface area contributed by atoms with Crippen molar-refractivity contribution in [1.29, 1.82) is 0 Å². The monoisotopic (exact) mass is 305 g/mol. The minimum absolute atomic E-state index is 0.104. The summed E-state index contributed by atoms with van der Waals surface area (Å²) < 4.78 is 0. The lowest BCUT2D eigenvalue weighted by Gasteiger charge is -2.22. The number of hydrogen-bond donors (Lipinski definition) is 2. The number of hydrogen-bond acceptors (Lipinski definition) is 4. The van der Waals surface area contributed by atoms with Crippen LogP contribution in [-0.2, 0) is 0 Å².